The Morgan fingerprint density at radius 3 is 2.65 bits per heavy atom. The third-order valence-corrected chi connectivity index (χ3v) is 4.36. The van der Waals surface area contributed by atoms with Gasteiger partial charge in [-0.15, -0.1) is 0 Å². The molecule has 0 amide bonds. The number of anilines is 2. The van der Waals surface area contributed by atoms with E-state index in [1.54, 1.807) is 18.2 Å². The molecule has 0 spiro atoms. The summed E-state index contributed by atoms with van der Waals surface area (Å²) >= 11 is 11.4. The quantitative estimate of drug-likeness (QED) is 0.423. The van der Waals surface area contributed by atoms with E-state index in [2.05, 4.69) is 34.7 Å². The average Bonchev–Trinajstić information content (AvgIpc) is 2.66. The molecule has 0 saturated carbocycles. The van der Waals surface area contributed by atoms with Crippen molar-refractivity contribution in [3.05, 3.63) is 59.1 Å². The molecule has 0 saturated heterocycles. The molecule has 0 aliphatic heterocycles. The van der Waals surface area contributed by atoms with Crippen molar-refractivity contribution in [3.63, 3.8) is 0 Å². The fourth-order valence-corrected chi connectivity index (χ4v) is 2.74. The van der Waals surface area contributed by atoms with Gasteiger partial charge in [-0.25, -0.2) is 4.79 Å². The number of esters is 1. The lowest BCUT2D eigenvalue weighted by molar-refractivity contribution is 0.0601. The van der Waals surface area contributed by atoms with Crippen LogP contribution in [0.4, 0.5) is 11.4 Å². The molecule has 0 unspecified atom stereocenters. The fraction of sp³-hybridized carbons (Fsp3) is 0.263. The maximum atomic E-state index is 11.6. The largest absolute Gasteiger partial charge is 0.465 e. The van der Waals surface area contributed by atoms with Crippen LogP contribution in [0.5, 0.6) is 0 Å². The van der Waals surface area contributed by atoms with Crippen LogP contribution in [0.25, 0.3) is 0 Å². The van der Waals surface area contributed by atoms with Gasteiger partial charge in [0.2, 0.25) is 0 Å². The SMILES string of the molecule is COC(=O)c1ccc(Cl)c(NC(=S)NCCCN(C)c2ccccc2)c1. The van der Waals surface area contributed by atoms with Gasteiger partial charge in [-0.3, -0.25) is 0 Å². The second kappa shape index (κ2) is 9.99. The van der Waals surface area contributed by atoms with Crippen LogP contribution in [0.3, 0.4) is 0 Å². The molecule has 26 heavy (non-hydrogen) atoms. The van der Waals surface area contributed by atoms with Crippen molar-refractivity contribution in [1.82, 2.24) is 5.32 Å². The van der Waals surface area contributed by atoms with Crippen molar-refractivity contribution in [1.29, 1.82) is 0 Å². The summed E-state index contributed by atoms with van der Waals surface area (Å²) in [4.78, 5) is 13.8. The van der Waals surface area contributed by atoms with Gasteiger partial charge in [-0.1, -0.05) is 29.8 Å². The van der Waals surface area contributed by atoms with Crippen molar-refractivity contribution in [3.8, 4) is 0 Å². The minimum absolute atomic E-state index is 0.409. The summed E-state index contributed by atoms with van der Waals surface area (Å²) in [5, 5.41) is 7.10. The normalized spacial score (nSPS) is 10.1. The molecule has 5 nitrogen and oxygen atoms in total. The summed E-state index contributed by atoms with van der Waals surface area (Å²) in [6.07, 6.45) is 0.920. The predicted molar refractivity (Wildman–Crippen MR) is 111 cm³/mol. The lowest BCUT2D eigenvalue weighted by Crippen LogP contribution is -2.31. The molecule has 138 valence electrons. The first-order valence-corrected chi connectivity index (χ1v) is 8.99. The molecule has 2 N–H and O–H groups in total. The van der Waals surface area contributed by atoms with Crippen LogP contribution in [0, 0.1) is 0 Å². The van der Waals surface area contributed by atoms with E-state index < -0.39 is 5.97 Å². The predicted octanol–water partition coefficient (Wildman–Crippen LogP) is 3.94. The number of ether oxygens (including phenoxy) is 1. The fourth-order valence-electron chi connectivity index (χ4n) is 2.36. The third kappa shape index (κ3) is 5.89. The van der Waals surface area contributed by atoms with Crippen molar-refractivity contribution < 1.29 is 9.53 Å². The van der Waals surface area contributed by atoms with Gasteiger partial charge in [0, 0.05) is 25.8 Å². The molecule has 0 atom stereocenters. The topological polar surface area (TPSA) is 53.6 Å². The zero-order chi connectivity index (χ0) is 18.9. The summed E-state index contributed by atoms with van der Waals surface area (Å²) in [6, 6.07) is 15.1. The van der Waals surface area contributed by atoms with E-state index in [0.717, 1.165) is 19.5 Å². The van der Waals surface area contributed by atoms with Crippen LogP contribution in [0.1, 0.15) is 16.8 Å². The van der Waals surface area contributed by atoms with Crippen molar-refractivity contribution in [2.75, 3.05) is 37.5 Å². The van der Waals surface area contributed by atoms with E-state index in [-0.39, 0.29) is 0 Å². The number of thiocarbonyl (C=S) groups is 1. The van der Waals surface area contributed by atoms with Gasteiger partial charge in [-0.05, 0) is 49.0 Å². The van der Waals surface area contributed by atoms with Crippen molar-refractivity contribution in [2.24, 2.45) is 0 Å². The Bertz CT molecular complexity index is 756. The number of methoxy groups -OCH3 is 1. The molecule has 2 rings (SSSR count). The molecule has 0 fully saturated rings. The second-order valence-corrected chi connectivity index (χ2v) is 6.49. The minimum atomic E-state index is -0.424. The van der Waals surface area contributed by atoms with Gasteiger partial charge in [0.15, 0.2) is 5.11 Å². The third-order valence-electron chi connectivity index (χ3n) is 3.79. The number of rotatable bonds is 7. The van der Waals surface area contributed by atoms with Crippen LogP contribution < -0.4 is 15.5 Å². The molecule has 0 aliphatic rings. The molecule has 2 aromatic rings. The Balaban J connectivity index is 1.79. The summed E-state index contributed by atoms with van der Waals surface area (Å²) in [7, 11) is 3.40. The lowest BCUT2D eigenvalue weighted by Gasteiger charge is -2.19. The summed E-state index contributed by atoms with van der Waals surface area (Å²) in [5.74, 6) is -0.424. The highest BCUT2D eigenvalue weighted by Gasteiger charge is 2.10. The van der Waals surface area contributed by atoms with E-state index >= 15 is 0 Å². The first kappa shape index (κ1) is 20.0. The first-order chi connectivity index (χ1) is 12.5. The van der Waals surface area contributed by atoms with E-state index in [4.69, 9.17) is 28.6 Å². The molecule has 0 heterocycles. The van der Waals surface area contributed by atoms with Crippen LogP contribution in [0.15, 0.2) is 48.5 Å². The van der Waals surface area contributed by atoms with E-state index in [1.807, 2.05) is 18.2 Å². The van der Waals surface area contributed by atoms with Crippen LogP contribution in [0.2, 0.25) is 5.02 Å². The van der Waals surface area contributed by atoms with Gasteiger partial charge in [0.1, 0.15) is 0 Å². The highest BCUT2D eigenvalue weighted by molar-refractivity contribution is 7.80. The number of halogens is 1. The van der Waals surface area contributed by atoms with Gasteiger partial charge in [-0.2, -0.15) is 0 Å². The maximum absolute atomic E-state index is 11.6. The standard InChI is InChI=1S/C19H22ClN3O2S/c1-23(15-7-4-3-5-8-15)12-6-11-21-19(26)22-17-13-14(18(24)25-2)9-10-16(17)20/h3-5,7-10,13H,6,11-12H2,1-2H3,(H2,21,22,26). The van der Waals surface area contributed by atoms with E-state index in [0.29, 0.717) is 21.4 Å². The highest BCUT2D eigenvalue weighted by Crippen LogP contribution is 2.23. The van der Waals surface area contributed by atoms with E-state index in [1.165, 1.54) is 12.8 Å². The number of carbonyl (C=O) groups excluding carboxylic acids is 1. The Morgan fingerprint density at radius 1 is 1.23 bits per heavy atom. The number of para-hydroxylation sites is 1. The Morgan fingerprint density at radius 2 is 1.96 bits per heavy atom. The van der Waals surface area contributed by atoms with Gasteiger partial charge in [0.25, 0.3) is 0 Å². The molecule has 0 aliphatic carbocycles. The summed E-state index contributed by atoms with van der Waals surface area (Å²) in [6.45, 7) is 1.62. The maximum Gasteiger partial charge on any atom is 0.337 e. The number of carbonyl (C=O) groups is 1. The van der Waals surface area contributed by atoms with Gasteiger partial charge < -0.3 is 20.3 Å². The average molecular weight is 392 g/mol. The Labute approximate surface area is 164 Å². The molecular formula is C19H22ClN3O2S. The molecular weight excluding hydrogens is 370 g/mol. The summed E-state index contributed by atoms with van der Waals surface area (Å²) < 4.78 is 4.71. The highest BCUT2D eigenvalue weighted by atomic mass is 35.5. The Kier molecular flexibility index (Phi) is 7.69. The van der Waals surface area contributed by atoms with Gasteiger partial charge in [0.05, 0.1) is 23.4 Å². The monoisotopic (exact) mass is 391 g/mol. The van der Waals surface area contributed by atoms with Crippen LogP contribution in [-0.4, -0.2) is 38.3 Å². The molecule has 7 heteroatoms. The number of hydrogen-bond acceptors (Lipinski definition) is 4. The Hall–Kier alpha value is -2.31. The van der Waals surface area contributed by atoms with Crippen LogP contribution >= 0.6 is 23.8 Å². The van der Waals surface area contributed by atoms with Gasteiger partial charge >= 0.3 is 5.97 Å². The number of benzene rings is 2. The molecule has 2 aromatic carbocycles. The van der Waals surface area contributed by atoms with Crippen molar-refractivity contribution in [2.45, 2.75) is 6.42 Å². The molecule has 0 bridgehead atoms. The second-order valence-electron chi connectivity index (χ2n) is 5.68. The number of nitrogens with one attached hydrogen (secondary N) is 2. The van der Waals surface area contributed by atoms with Crippen molar-refractivity contribution >= 4 is 46.3 Å². The molecule has 0 aromatic heterocycles. The number of nitrogens with zero attached hydrogens (tertiary/aromatic N) is 1. The zero-order valence-electron chi connectivity index (χ0n) is 14.8. The summed E-state index contributed by atoms with van der Waals surface area (Å²) in [5.41, 5.74) is 2.15. The van der Waals surface area contributed by atoms with E-state index in [9.17, 15) is 4.79 Å². The first-order valence-electron chi connectivity index (χ1n) is 8.20. The molecule has 0 radical (unpaired) electrons. The smallest absolute Gasteiger partial charge is 0.337 e. The zero-order valence-corrected chi connectivity index (χ0v) is 16.4. The minimum Gasteiger partial charge on any atom is -0.465 e. The lowest BCUT2D eigenvalue weighted by atomic mass is 10.2. The number of hydrogen-bond donors (Lipinski definition) is 2. The van der Waals surface area contributed by atoms with Crippen LogP contribution in [-0.2, 0) is 4.74 Å².